The summed E-state index contributed by atoms with van der Waals surface area (Å²) in [5.74, 6) is 0.872. The molecule has 0 aliphatic heterocycles. The van der Waals surface area contributed by atoms with E-state index in [0.29, 0.717) is 0 Å². The molecule has 4 nitrogen and oxygen atoms in total. The lowest BCUT2D eigenvalue weighted by atomic mass is 10.0. The predicted molar refractivity (Wildman–Crippen MR) is 70.7 cm³/mol. The first-order valence-electron chi connectivity index (χ1n) is 5.99. The minimum Gasteiger partial charge on any atom is -0.497 e. The van der Waals surface area contributed by atoms with Gasteiger partial charge in [0.1, 0.15) is 5.75 Å². The lowest BCUT2D eigenvalue weighted by molar-refractivity contribution is 0.167. The van der Waals surface area contributed by atoms with Crippen LogP contribution in [0.2, 0.25) is 0 Å². The van der Waals surface area contributed by atoms with E-state index in [-0.39, 0.29) is 5.92 Å². The Morgan fingerprint density at radius 2 is 1.89 bits per heavy atom. The van der Waals surface area contributed by atoms with Gasteiger partial charge in [0.2, 0.25) is 0 Å². The van der Waals surface area contributed by atoms with E-state index < -0.39 is 6.10 Å². The molecule has 0 amide bonds. The SMILES string of the molecule is COc1ccc(-c2cc(C(C)C(C)O)[nH]n2)cc1. The molecule has 0 bridgehead atoms. The number of nitrogens with one attached hydrogen (secondary N) is 1. The van der Waals surface area contributed by atoms with Crippen molar-refractivity contribution in [3.05, 3.63) is 36.0 Å². The summed E-state index contributed by atoms with van der Waals surface area (Å²) < 4.78 is 5.12. The molecule has 0 aliphatic rings. The van der Waals surface area contributed by atoms with Crippen LogP contribution in [0.4, 0.5) is 0 Å². The number of methoxy groups -OCH3 is 1. The molecular weight excluding hydrogens is 228 g/mol. The van der Waals surface area contributed by atoms with Crippen LogP contribution in [-0.2, 0) is 0 Å². The zero-order chi connectivity index (χ0) is 13.1. The lowest BCUT2D eigenvalue weighted by Crippen LogP contribution is -2.11. The summed E-state index contributed by atoms with van der Waals surface area (Å²) in [5.41, 5.74) is 2.84. The van der Waals surface area contributed by atoms with Gasteiger partial charge in [-0.3, -0.25) is 5.10 Å². The summed E-state index contributed by atoms with van der Waals surface area (Å²) >= 11 is 0. The first-order chi connectivity index (χ1) is 8.61. The second-order valence-electron chi connectivity index (χ2n) is 4.47. The topological polar surface area (TPSA) is 58.1 Å². The van der Waals surface area contributed by atoms with Crippen LogP contribution in [0.1, 0.15) is 25.5 Å². The first-order valence-corrected chi connectivity index (χ1v) is 5.99. The fourth-order valence-electron chi connectivity index (χ4n) is 1.74. The monoisotopic (exact) mass is 246 g/mol. The summed E-state index contributed by atoms with van der Waals surface area (Å²) in [6, 6.07) is 9.71. The number of hydrogen-bond acceptors (Lipinski definition) is 3. The normalized spacial score (nSPS) is 14.2. The average molecular weight is 246 g/mol. The van der Waals surface area contributed by atoms with Gasteiger partial charge in [-0.15, -0.1) is 0 Å². The number of H-pyrrole nitrogens is 1. The third-order valence-corrected chi connectivity index (χ3v) is 3.20. The van der Waals surface area contributed by atoms with Gasteiger partial charge in [-0.1, -0.05) is 6.92 Å². The molecule has 96 valence electrons. The second kappa shape index (κ2) is 5.23. The molecule has 0 saturated carbocycles. The standard InChI is InChI=1S/C14H18N2O2/c1-9(10(2)17)13-8-14(16-15-13)11-4-6-12(18-3)7-5-11/h4-10,17H,1-3H3,(H,15,16). The highest BCUT2D eigenvalue weighted by Gasteiger charge is 2.14. The van der Waals surface area contributed by atoms with Crippen LogP contribution in [0.5, 0.6) is 5.75 Å². The number of hydrogen-bond donors (Lipinski definition) is 2. The number of nitrogens with zero attached hydrogens (tertiary/aromatic N) is 1. The van der Waals surface area contributed by atoms with E-state index in [1.165, 1.54) is 0 Å². The van der Waals surface area contributed by atoms with E-state index in [0.717, 1.165) is 22.7 Å². The zero-order valence-electron chi connectivity index (χ0n) is 10.8. The molecule has 1 aromatic heterocycles. The predicted octanol–water partition coefficient (Wildman–Crippen LogP) is 2.57. The molecule has 4 heteroatoms. The van der Waals surface area contributed by atoms with E-state index in [9.17, 15) is 5.11 Å². The number of aromatic amines is 1. The molecule has 0 spiro atoms. The summed E-state index contributed by atoms with van der Waals surface area (Å²) in [4.78, 5) is 0. The molecule has 2 unspecified atom stereocenters. The summed E-state index contributed by atoms with van der Waals surface area (Å²) in [5, 5.41) is 16.8. The van der Waals surface area contributed by atoms with Crippen LogP contribution in [0.15, 0.2) is 30.3 Å². The van der Waals surface area contributed by atoms with Gasteiger partial charge < -0.3 is 9.84 Å². The third kappa shape index (κ3) is 2.54. The number of ether oxygens (including phenoxy) is 1. The van der Waals surface area contributed by atoms with Crippen LogP contribution in [0.3, 0.4) is 0 Å². The maximum Gasteiger partial charge on any atom is 0.118 e. The lowest BCUT2D eigenvalue weighted by Gasteiger charge is -2.11. The van der Waals surface area contributed by atoms with Gasteiger partial charge in [0.15, 0.2) is 0 Å². The Hall–Kier alpha value is -1.81. The Kier molecular flexibility index (Phi) is 3.67. The van der Waals surface area contributed by atoms with Gasteiger partial charge in [0.05, 0.1) is 18.9 Å². The number of benzene rings is 1. The fraction of sp³-hybridized carbons (Fsp3) is 0.357. The van der Waals surface area contributed by atoms with Crippen molar-refractivity contribution >= 4 is 0 Å². The van der Waals surface area contributed by atoms with Crippen LogP contribution in [0, 0.1) is 0 Å². The molecule has 2 aromatic rings. The van der Waals surface area contributed by atoms with E-state index in [4.69, 9.17) is 4.74 Å². The molecule has 1 heterocycles. The maximum absolute atomic E-state index is 9.56. The van der Waals surface area contributed by atoms with Crippen LogP contribution in [-0.4, -0.2) is 28.5 Å². The summed E-state index contributed by atoms with van der Waals surface area (Å²) in [6.45, 7) is 3.74. The maximum atomic E-state index is 9.56. The molecule has 0 radical (unpaired) electrons. The minimum absolute atomic E-state index is 0.0458. The van der Waals surface area contributed by atoms with E-state index in [1.807, 2.05) is 37.3 Å². The molecule has 18 heavy (non-hydrogen) atoms. The molecule has 0 fully saturated rings. The highest BCUT2D eigenvalue weighted by atomic mass is 16.5. The molecule has 2 rings (SSSR count). The average Bonchev–Trinajstić information content (AvgIpc) is 2.87. The van der Waals surface area contributed by atoms with Crippen molar-refractivity contribution in [1.29, 1.82) is 0 Å². The fourth-order valence-corrected chi connectivity index (χ4v) is 1.74. The summed E-state index contributed by atoms with van der Waals surface area (Å²) in [6.07, 6.45) is -0.394. The Balaban J connectivity index is 2.23. The first kappa shape index (κ1) is 12.6. The highest BCUT2D eigenvalue weighted by molar-refractivity contribution is 5.60. The van der Waals surface area contributed by atoms with E-state index in [2.05, 4.69) is 10.2 Å². The Morgan fingerprint density at radius 3 is 2.44 bits per heavy atom. The Bertz CT molecular complexity index is 503. The molecular formula is C14H18N2O2. The van der Waals surface area contributed by atoms with Gasteiger partial charge in [-0.25, -0.2) is 0 Å². The number of aromatic nitrogens is 2. The van der Waals surface area contributed by atoms with Crippen molar-refractivity contribution in [2.75, 3.05) is 7.11 Å². The van der Waals surface area contributed by atoms with Crippen molar-refractivity contribution in [2.45, 2.75) is 25.9 Å². The van der Waals surface area contributed by atoms with Crippen molar-refractivity contribution in [2.24, 2.45) is 0 Å². The van der Waals surface area contributed by atoms with Crippen molar-refractivity contribution in [1.82, 2.24) is 10.2 Å². The van der Waals surface area contributed by atoms with Gasteiger partial charge in [-0.05, 0) is 37.3 Å². The van der Waals surface area contributed by atoms with Gasteiger partial charge >= 0.3 is 0 Å². The molecule has 0 aliphatic carbocycles. The Labute approximate surface area is 107 Å². The molecule has 0 saturated heterocycles. The Morgan fingerprint density at radius 1 is 1.22 bits per heavy atom. The molecule has 2 atom stereocenters. The number of rotatable bonds is 4. The minimum atomic E-state index is -0.394. The van der Waals surface area contributed by atoms with Crippen molar-refractivity contribution in [3.8, 4) is 17.0 Å². The molecule has 2 N–H and O–H groups in total. The summed E-state index contributed by atoms with van der Waals surface area (Å²) in [7, 11) is 1.64. The van der Waals surface area contributed by atoms with Crippen molar-refractivity contribution in [3.63, 3.8) is 0 Å². The van der Waals surface area contributed by atoms with Gasteiger partial charge in [0, 0.05) is 17.2 Å². The van der Waals surface area contributed by atoms with Crippen LogP contribution in [0.25, 0.3) is 11.3 Å². The second-order valence-corrected chi connectivity index (χ2v) is 4.47. The highest BCUT2D eigenvalue weighted by Crippen LogP contribution is 2.24. The van der Waals surface area contributed by atoms with E-state index >= 15 is 0 Å². The van der Waals surface area contributed by atoms with Crippen LogP contribution >= 0.6 is 0 Å². The quantitative estimate of drug-likeness (QED) is 0.871. The molecule has 1 aromatic carbocycles. The number of aliphatic hydroxyl groups excluding tert-OH is 1. The largest absolute Gasteiger partial charge is 0.497 e. The van der Waals surface area contributed by atoms with Crippen LogP contribution < -0.4 is 4.74 Å². The number of aliphatic hydroxyl groups is 1. The third-order valence-electron chi connectivity index (χ3n) is 3.20. The van der Waals surface area contributed by atoms with E-state index in [1.54, 1.807) is 14.0 Å². The van der Waals surface area contributed by atoms with Crippen molar-refractivity contribution < 1.29 is 9.84 Å². The van der Waals surface area contributed by atoms with Gasteiger partial charge in [-0.2, -0.15) is 5.10 Å². The smallest absolute Gasteiger partial charge is 0.118 e. The zero-order valence-corrected chi connectivity index (χ0v) is 10.8. The van der Waals surface area contributed by atoms with Gasteiger partial charge in [0.25, 0.3) is 0 Å².